The molecule has 0 amide bonds. The highest BCUT2D eigenvalue weighted by Gasteiger charge is 2.33. The molecule has 0 aromatic heterocycles. The van der Waals surface area contributed by atoms with Gasteiger partial charge in [0, 0.05) is 0 Å². The van der Waals surface area contributed by atoms with Gasteiger partial charge in [0.05, 0.1) is 18.5 Å². The first-order valence-corrected chi connectivity index (χ1v) is 10.6. The minimum absolute atomic E-state index is 0. The Balaban J connectivity index is 0.00000210. The second-order valence-electron chi connectivity index (χ2n) is 6.42. The van der Waals surface area contributed by atoms with Crippen molar-refractivity contribution in [1.29, 1.82) is 0 Å². The molecule has 0 radical (unpaired) electrons. The van der Waals surface area contributed by atoms with E-state index in [1.807, 2.05) is 0 Å². The van der Waals surface area contributed by atoms with E-state index in [0.717, 1.165) is 0 Å². The fourth-order valence-electron chi connectivity index (χ4n) is 3.46. The van der Waals surface area contributed by atoms with Crippen molar-refractivity contribution in [3.63, 3.8) is 0 Å². The lowest BCUT2D eigenvalue weighted by Gasteiger charge is -2.21. The molecular formula is C25H22ClP. The topological polar surface area (TPSA) is 0 Å². The average molecular weight is 389 g/mol. The van der Waals surface area contributed by atoms with E-state index in [0.29, 0.717) is 5.66 Å². The maximum atomic E-state index is 2.38. The van der Waals surface area contributed by atoms with Crippen molar-refractivity contribution in [3.8, 4) is 0 Å². The monoisotopic (exact) mass is 388 g/mol. The minimum atomic E-state index is -0.974. The molecule has 0 fully saturated rings. The Morgan fingerprint density at radius 1 is 0.630 bits per heavy atom. The molecule has 0 bridgehead atoms. The Hall–Kier alpha value is -2.40. The van der Waals surface area contributed by atoms with E-state index in [1.54, 1.807) is 0 Å². The largest absolute Gasteiger partial charge is 1.00 e. The number of rotatable bonds is 4. The molecule has 0 saturated carbocycles. The summed E-state index contributed by atoms with van der Waals surface area (Å²) >= 11 is 0. The maximum Gasteiger partial charge on any atom is 0.120 e. The van der Waals surface area contributed by atoms with Crippen molar-refractivity contribution < 1.29 is 12.4 Å². The number of hydrogen-bond donors (Lipinski definition) is 0. The van der Waals surface area contributed by atoms with Gasteiger partial charge in [0.1, 0.15) is 5.66 Å². The first-order chi connectivity index (χ1) is 12.9. The molecule has 1 atom stereocenters. The SMILES string of the molecule is C1=CC(=Cc2ccccc2)C([PH+](c2ccccc2)c2ccccc2)C=C1.[Cl-]. The third kappa shape index (κ3) is 4.66. The zero-order chi connectivity index (χ0) is 17.6. The van der Waals surface area contributed by atoms with Crippen LogP contribution in [-0.2, 0) is 0 Å². The first kappa shape index (κ1) is 19.4. The molecule has 27 heavy (non-hydrogen) atoms. The molecule has 1 unspecified atom stereocenters. The van der Waals surface area contributed by atoms with E-state index in [1.165, 1.54) is 21.7 Å². The Morgan fingerprint density at radius 2 is 1.15 bits per heavy atom. The van der Waals surface area contributed by atoms with Crippen molar-refractivity contribution in [1.82, 2.24) is 0 Å². The highest BCUT2D eigenvalue weighted by atomic mass is 35.5. The normalized spacial score (nSPS) is 17.1. The standard InChI is InChI=1S/C25H21P.ClH/c1-4-12-21(13-5-1)20-22-14-10-11-19-25(22)26(23-15-6-2-7-16-23)24-17-8-3-9-18-24;/h1-20,25H;1H. The molecule has 0 N–H and O–H groups in total. The van der Waals surface area contributed by atoms with Crippen molar-refractivity contribution >= 4 is 24.6 Å². The van der Waals surface area contributed by atoms with Crippen LogP contribution < -0.4 is 23.0 Å². The predicted octanol–water partition coefficient (Wildman–Crippen LogP) is 2.43. The van der Waals surface area contributed by atoms with Crippen LogP contribution in [0.2, 0.25) is 0 Å². The van der Waals surface area contributed by atoms with Crippen LogP contribution in [0.4, 0.5) is 0 Å². The summed E-state index contributed by atoms with van der Waals surface area (Å²) in [7, 11) is -0.974. The summed E-state index contributed by atoms with van der Waals surface area (Å²) in [4.78, 5) is 0. The van der Waals surface area contributed by atoms with Gasteiger partial charge in [0.25, 0.3) is 0 Å². The van der Waals surface area contributed by atoms with Gasteiger partial charge in [-0.3, -0.25) is 0 Å². The molecule has 1 aliphatic rings. The van der Waals surface area contributed by atoms with Gasteiger partial charge < -0.3 is 12.4 Å². The minimum Gasteiger partial charge on any atom is -1.00 e. The van der Waals surface area contributed by atoms with Gasteiger partial charge in [0.2, 0.25) is 0 Å². The van der Waals surface area contributed by atoms with Gasteiger partial charge in [0.15, 0.2) is 0 Å². The van der Waals surface area contributed by atoms with Crippen molar-refractivity contribution in [3.05, 3.63) is 126 Å². The van der Waals surface area contributed by atoms with Crippen LogP contribution >= 0.6 is 7.92 Å². The molecule has 3 aromatic carbocycles. The third-order valence-electron chi connectivity index (χ3n) is 4.68. The Bertz CT molecular complexity index is 888. The molecular weight excluding hydrogens is 367 g/mol. The first-order valence-electron chi connectivity index (χ1n) is 9.01. The van der Waals surface area contributed by atoms with E-state index >= 15 is 0 Å². The molecule has 0 nitrogen and oxygen atoms in total. The molecule has 0 saturated heterocycles. The van der Waals surface area contributed by atoms with Crippen molar-refractivity contribution in [2.45, 2.75) is 5.66 Å². The lowest BCUT2D eigenvalue weighted by atomic mass is 10.0. The van der Waals surface area contributed by atoms with Crippen molar-refractivity contribution in [2.24, 2.45) is 0 Å². The average Bonchev–Trinajstić information content (AvgIpc) is 2.72. The molecule has 2 heteroatoms. The summed E-state index contributed by atoms with van der Waals surface area (Å²) in [5.74, 6) is 0. The fourth-order valence-corrected chi connectivity index (χ4v) is 6.43. The molecule has 0 spiro atoms. The number of allylic oxidation sites excluding steroid dienone is 5. The quantitative estimate of drug-likeness (QED) is 0.602. The highest BCUT2D eigenvalue weighted by molar-refractivity contribution is 7.74. The molecule has 3 aromatic rings. The summed E-state index contributed by atoms with van der Waals surface area (Å²) in [6.07, 6.45) is 11.3. The van der Waals surface area contributed by atoms with Crippen LogP contribution in [0.15, 0.2) is 121 Å². The summed E-state index contributed by atoms with van der Waals surface area (Å²) in [5.41, 5.74) is 3.06. The molecule has 4 rings (SSSR count). The molecule has 134 valence electrons. The maximum absolute atomic E-state index is 2.38. The molecule has 0 heterocycles. The van der Waals surface area contributed by atoms with E-state index in [4.69, 9.17) is 0 Å². The molecule has 1 aliphatic carbocycles. The van der Waals surface area contributed by atoms with E-state index < -0.39 is 7.92 Å². The predicted molar refractivity (Wildman–Crippen MR) is 117 cm³/mol. The zero-order valence-electron chi connectivity index (χ0n) is 15.0. The smallest absolute Gasteiger partial charge is 0.120 e. The van der Waals surface area contributed by atoms with Gasteiger partial charge in [-0.25, -0.2) is 0 Å². The third-order valence-corrected chi connectivity index (χ3v) is 7.73. The lowest BCUT2D eigenvalue weighted by molar-refractivity contribution is -0.00000486. The van der Waals surface area contributed by atoms with E-state index in [9.17, 15) is 0 Å². The van der Waals surface area contributed by atoms with Crippen LogP contribution in [0, 0.1) is 0 Å². The van der Waals surface area contributed by atoms with Crippen LogP contribution in [-0.4, -0.2) is 5.66 Å². The van der Waals surface area contributed by atoms with Crippen LogP contribution in [0.25, 0.3) is 6.08 Å². The lowest BCUT2D eigenvalue weighted by Crippen LogP contribution is -3.00. The zero-order valence-corrected chi connectivity index (χ0v) is 16.8. The number of hydrogen-bond acceptors (Lipinski definition) is 0. The van der Waals surface area contributed by atoms with Crippen LogP contribution in [0.3, 0.4) is 0 Å². The Morgan fingerprint density at radius 3 is 1.70 bits per heavy atom. The van der Waals surface area contributed by atoms with Gasteiger partial charge >= 0.3 is 0 Å². The van der Waals surface area contributed by atoms with Crippen LogP contribution in [0.1, 0.15) is 5.56 Å². The van der Waals surface area contributed by atoms with Crippen molar-refractivity contribution in [2.75, 3.05) is 0 Å². The highest BCUT2D eigenvalue weighted by Crippen LogP contribution is 2.45. The Kier molecular flexibility index (Phi) is 6.82. The van der Waals surface area contributed by atoms with E-state index in [2.05, 4.69) is 121 Å². The summed E-state index contributed by atoms with van der Waals surface area (Å²) < 4.78 is 0. The fraction of sp³-hybridized carbons (Fsp3) is 0.0400. The van der Waals surface area contributed by atoms with Gasteiger partial charge in [-0.15, -0.1) is 0 Å². The van der Waals surface area contributed by atoms with Gasteiger partial charge in [-0.1, -0.05) is 85.0 Å². The summed E-state index contributed by atoms with van der Waals surface area (Å²) in [6.45, 7) is 0. The van der Waals surface area contributed by atoms with Crippen LogP contribution in [0.5, 0.6) is 0 Å². The van der Waals surface area contributed by atoms with E-state index in [-0.39, 0.29) is 12.4 Å². The molecule has 0 aliphatic heterocycles. The van der Waals surface area contributed by atoms with Gasteiger partial charge in [-0.05, 0) is 47.6 Å². The summed E-state index contributed by atoms with van der Waals surface area (Å²) in [6, 6.07) is 32.6. The second kappa shape index (κ2) is 9.51. The summed E-state index contributed by atoms with van der Waals surface area (Å²) in [5, 5.41) is 2.90. The Labute approximate surface area is 169 Å². The van der Waals surface area contributed by atoms with Gasteiger partial charge in [-0.2, -0.15) is 0 Å². The second-order valence-corrected chi connectivity index (χ2v) is 9.03. The number of benzene rings is 3. The number of halogens is 1.